The molecule has 0 saturated heterocycles. The Bertz CT molecular complexity index is 478. The highest BCUT2D eigenvalue weighted by molar-refractivity contribution is 5.34. The van der Waals surface area contributed by atoms with Crippen LogP contribution in [0.4, 0.5) is 8.78 Å². The topological polar surface area (TPSA) is 0 Å². The Hall–Kier alpha value is -0.920. The normalized spacial score (nSPS) is 12.6. The summed E-state index contributed by atoms with van der Waals surface area (Å²) in [5.74, 6) is -0.641. The van der Waals surface area contributed by atoms with E-state index >= 15 is 0 Å². The lowest BCUT2D eigenvalue weighted by Gasteiger charge is -2.24. The molecule has 0 N–H and O–H groups in total. The average molecular weight is 371 g/mol. The van der Waals surface area contributed by atoms with Gasteiger partial charge in [-0.3, -0.25) is 0 Å². The Morgan fingerprint density at radius 2 is 0.615 bits per heavy atom. The van der Waals surface area contributed by atoms with Crippen molar-refractivity contribution in [3.63, 3.8) is 0 Å². The standard InChI is InChI=1S/C14H20F2.2C5H12/c1-13(2,3)9-7-12(16)10(8-11(9)15)14(4,5)6;2*1-5(2,3)4/h7-8H,1-6H3;2*1-4H3. The van der Waals surface area contributed by atoms with Crippen LogP contribution in [0.25, 0.3) is 0 Å². The summed E-state index contributed by atoms with van der Waals surface area (Å²) in [5, 5.41) is 0. The van der Waals surface area contributed by atoms with Crippen molar-refractivity contribution in [1.29, 1.82) is 0 Å². The van der Waals surface area contributed by atoms with Crippen molar-refractivity contribution in [2.45, 2.75) is 108 Å². The molecule has 1 aromatic carbocycles. The van der Waals surface area contributed by atoms with Gasteiger partial charge in [0.15, 0.2) is 0 Å². The van der Waals surface area contributed by atoms with Crippen LogP contribution in [0.1, 0.15) is 108 Å². The van der Waals surface area contributed by atoms with Gasteiger partial charge in [-0.2, -0.15) is 0 Å². The molecule has 0 fully saturated rings. The molecule has 0 heterocycles. The average Bonchev–Trinajstić information content (AvgIpc) is 2.24. The van der Waals surface area contributed by atoms with Crippen molar-refractivity contribution >= 4 is 0 Å². The smallest absolute Gasteiger partial charge is 0.127 e. The highest BCUT2D eigenvalue weighted by atomic mass is 19.1. The van der Waals surface area contributed by atoms with Crippen LogP contribution in [0.5, 0.6) is 0 Å². The van der Waals surface area contributed by atoms with Crippen molar-refractivity contribution in [3.05, 3.63) is 34.9 Å². The number of hydrogen-bond donors (Lipinski definition) is 0. The van der Waals surface area contributed by atoms with Crippen molar-refractivity contribution in [2.24, 2.45) is 10.8 Å². The Balaban J connectivity index is 0. The van der Waals surface area contributed by atoms with E-state index in [1.165, 1.54) is 12.1 Å². The van der Waals surface area contributed by atoms with E-state index in [9.17, 15) is 8.78 Å². The lowest BCUT2D eigenvalue weighted by molar-refractivity contribution is 0.469. The first-order chi connectivity index (χ1) is 11.0. The van der Waals surface area contributed by atoms with Gasteiger partial charge in [-0.05, 0) is 44.9 Å². The fourth-order valence-corrected chi connectivity index (χ4v) is 1.70. The largest absolute Gasteiger partial charge is 0.207 e. The van der Waals surface area contributed by atoms with E-state index in [-0.39, 0.29) is 22.5 Å². The Morgan fingerprint density at radius 1 is 0.462 bits per heavy atom. The van der Waals surface area contributed by atoms with Gasteiger partial charge >= 0.3 is 0 Å². The summed E-state index contributed by atoms with van der Waals surface area (Å²) >= 11 is 0. The second kappa shape index (κ2) is 9.33. The van der Waals surface area contributed by atoms with E-state index in [1.807, 2.05) is 41.5 Å². The Kier molecular flexibility index (Phi) is 9.80. The molecule has 0 saturated carbocycles. The molecule has 0 aromatic heterocycles. The predicted octanol–water partition coefficient (Wildman–Crippen LogP) is 8.66. The third-order valence-electron chi connectivity index (χ3n) is 2.67. The van der Waals surface area contributed by atoms with Gasteiger partial charge in [0.25, 0.3) is 0 Å². The molecule has 0 nitrogen and oxygen atoms in total. The first kappa shape index (κ1) is 27.3. The van der Waals surface area contributed by atoms with E-state index < -0.39 is 0 Å². The van der Waals surface area contributed by atoms with E-state index in [0.29, 0.717) is 22.0 Å². The molecule has 0 radical (unpaired) electrons. The number of benzene rings is 1. The van der Waals surface area contributed by atoms with Crippen LogP contribution in [-0.2, 0) is 10.8 Å². The number of halogens is 2. The van der Waals surface area contributed by atoms with Gasteiger partial charge in [-0.15, -0.1) is 0 Å². The fourth-order valence-electron chi connectivity index (χ4n) is 1.70. The molecule has 1 aromatic rings. The first-order valence-electron chi connectivity index (χ1n) is 9.53. The molecule has 26 heavy (non-hydrogen) atoms. The van der Waals surface area contributed by atoms with Gasteiger partial charge in [0.2, 0.25) is 0 Å². The second-order valence-corrected chi connectivity index (χ2v) is 12.3. The minimum absolute atomic E-state index is 0.321. The maximum Gasteiger partial charge on any atom is 0.127 e. The molecular formula is C24H44F2. The molecule has 0 aliphatic carbocycles. The van der Waals surface area contributed by atoms with Crippen LogP contribution in [-0.4, -0.2) is 0 Å². The lowest BCUT2D eigenvalue weighted by Crippen LogP contribution is -2.19. The minimum Gasteiger partial charge on any atom is -0.207 e. The predicted molar refractivity (Wildman–Crippen MR) is 114 cm³/mol. The Labute approximate surface area is 162 Å². The van der Waals surface area contributed by atoms with Crippen LogP contribution < -0.4 is 0 Å². The number of hydrogen-bond acceptors (Lipinski definition) is 0. The summed E-state index contributed by atoms with van der Waals surface area (Å²) in [7, 11) is 0. The van der Waals surface area contributed by atoms with Gasteiger partial charge in [0.05, 0.1) is 0 Å². The highest BCUT2D eigenvalue weighted by Crippen LogP contribution is 2.32. The molecule has 0 spiro atoms. The summed E-state index contributed by atoms with van der Waals surface area (Å²) in [6.07, 6.45) is 0. The minimum atomic E-state index is -0.374. The monoisotopic (exact) mass is 370 g/mol. The van der Waals surface area contributed by atoms with Gasteiger partial charge in [0, 0.05) is 0 Å². The zero-order chi connectivity index (χ0) is 21.7. The molecule has 0 amide bonds. The molecule has 0 aliphatic heterocycles. The van der Waals surface area contributed by atoms with E-state index in [0.717, 1.165) is 0 Å². The Morgan fingerprint density at radius 3 is 0.731 bits per heavy atom. The van der Waals surface area contributed by atoms with Crippen molar-refractivity contribution in [2.75, 3.05) is 0 Å². The summed E-state index contributed by atoms with van der Waals surface area (Å²) in [4.78, 5) is 0. The zero-order valence-electron chi connectivity index (χ0n) is 19.9. The maximum absolute atomic E-state index is 13.9. The second-order valence-electron chi connectivity index (χ2n) is 12.3. The zero-order valence-corrected chi connectivity index (χ0v) is 19.9. The SMILES string of the molecule is CC(C)(C)C.CC(C)(C)C.CC(C)(C)c1cc(F)c(C(C)(C)C)cc1F. The van der Waals surface area contributed by atoms with Gasteiger partial charge in [-0.25, -0.2) is 8.78 Å². The summed E-state index contributed by atoms with van der Waals surface area (Å²) in [6, 6.07) is 2.66. The van der Waals surface area contributed by atoms with Crippen molar-refractivity contribution in [1.82, 2.24) is 0 Å². The molecule has 2 heteroatoms. The summed E-state index contributed by atoms with van der Waals surface area (Å²) in [6.45, 7) is 28.8. The van der Waals surface area contributed by atoms with Crippen LogP contribution >= 0.6 is 0 Å². The fraction of sp³-hybridized carbons (Fsp3) is 0.750. The molecule has 0 unspecified atom stereocenters. The van der Waals surface area contributed by atoms with Crippen LogP contribution in [0.15, 0.2) is 12.1 Å². The van der Waals surface area contributed by atoms with Crippen LogP contribution in [0.3, 0.4) is 0 Å². The van der Waals surface area contributed by atoms with Crippen molar-refractivity contribution < 1.29 is 8.78 Å². The van der Waals surface area contributed by atoms with Gasteiger partial charge in [-0.1, -0.05) is 96.9 Å². The van der Waals surface area contributed by atoms with Crippen LogP contribution in [0.2, 0.25) is 0 Å². The third kappa shape index (κ3) is 15.3. The third-order valence-corrected chi connectivity index (χ3v) is 2.67. The van der Waals surface area contributed by atoms with E-state index in [2.05, 4.69) is 55.4 Å². The highest BCUT2D eigenvalue weighted by Gasteiger charge is 2.25. The molecule has 154 valence electrons. The lowest BCUT2D eigenvalue weighted by atomic mass is 9.81. The molecular weight excluding hydrogens is 326 g/mol. The molecule has 0 aliphatic rings. The van der Waals surface area contributed by atoms with Gasteiger partial charge in [0.1, 0.15) is 11.6 Å². The van der Waals surface area contributed by atoms with E-state index in [4.69, 9.17) is 0 Å². The number of rotatable bonds is 0. The summed E-state index contributed by atoms with van der Waals surface area (Å²) in [5.41, 5.74) is 1.11. The molecule has 0 atom stereocenters. The molecule has 1 rings (SSSR count). The van der Waals surface area contributed by atoms with Crippen LogP contribution in [0, 0.1) is 22.5 Å². The molecule has 0 bridgehead atoms. The van der Waals surface area contributed by atoms with Crippen molar-refractivity contribution in [3.8, 4) is 0 Å². The van der Waals surface area contributed by atoms with E-state index in [1.54, 1.807) is 0 Å². The first-order valence-corrected chi connectivity index (χ1v) is 9.53. The summed E-state index contributed by atoms with van der Waals surface area (Å²) < 4.78 is 27.8. The maximum atomic E-state index is 13.9. The van der Waals surface area contributed by atoms with Gasteiger partial charge < -0.3 is 0 Å². The quantitative estimate of drug-likeness (QED) is 0.428.